The van der Waals surface area contributed by atoms with E-state index < -0.39 is 0 Å². The van der Waals surface area contributed by atoms with E-state index in [9.17, 15) is 5.11 Å². The molecule has 1 atom stereocenters. The lowest BCUT2D eigenvalue weighted by Crippen LogP contribution is -2.19. The van der Waals surface area contributed by atoms with E-state index >= 15 is 0 Å². The van der Waals surface area contributed by atoms with Gasteiger partial charge in [0.05, 0.1) is 6.04 Å². The van der Waals surface area contributed by atoms with Crippen LogP contribution in [0.1, 0.15) is 13.8 Å². The minimum absolute atomic E-state index is 0.240. The molecule has 0 spiro atoms. The van der Waals surface area contributed by atoms with Gasteiger partial charge in [0.15, 0.2) is 0 Å². The van der Waals surface area contributed by atoms with E-state index in [-0.39, 0.29) is 11.8 Å². The average molecular weight is 165 g/mol. The van der Waals surface area contributed by atoms with Gasteiger partial charge in [0.1, 0.15) is 5.76 Å². The van der Waals surface area contributed by atoms with Crippen LogP contribution in [0.25, 0.3) is 0 Å². The van der Waals surface area contributed by atoms with Crippen LogP contribution in [0.5, 0.6) is 0 Å². The average Bonchev–Trinajstić information content (AvgIpc) is 2.15. The molecule has 1 aliphatic carbocycles. The van der Waals surface area contributed by atoms with Crippen molar-refractivity contribution in [1.29, 1.82) is 0 Å². The van der Waals surface area contributed by atoms with Crippen molar-refractivity contribution in [2.45, 2.75) is 19.9 Å². The minimum Gasteiger partial charge on any atom is -0.510 e. The molecule has 0 aromatic rings. The number of rotatable bonds is 1. The Labute approximate surface area is 73.1 Å². The van der Waals surface area contributed by atoms with E-state index in [1.54, 1.807) is 12.2 Å². The lowest BCUT2D eigenvalue weighted by molar-refractivity contribution is 0.383. The Balaban J connectivity index is 2.91. The Bertz CT molecular complexity index is 249. The highest BCUT2D eigenvalue weighted by Gasteiger charge is 2.08. The molecule has 0 saturated heterocycles. The van der Waals surface area contributed by atoms with Gasteiger partial charge in [-0.25, -0.2) is 0 Å². The molecule has 0 saturated carbocycles. The van der Waals surface area contributed by atoms with Gasteiger partial charge in [-0.1, -0.05) is 32.1 Å². The third kappa shape index (κ3) is 1.98. The van der Waals surface area contributed by atoms with Gasteiger partial charge in [-0.3, -0.25) is 0 Å². The summed E-state index contributed by atoms with van der Waals surface area (Å²) < 4.78 is 0. The smallest absolute Gasteiger partial charge is 0.113 e. The molecule has 0 aliphatic heterocycles. The van der Waals surface area contributed by atoms with E-state index in [0.717, 1.165) is 5.57 Å². The second kappa shape index (κ2) is 3.59. The maximum Gasteiger partial charge on any atom is 0.113 e. The van der Waals surface area contributed by atoms with Crippen LogP contribution in [0.3, 0.4) is 0 Å². The molecule has 12 heavy (non-hydrogen) atoms. The Morgan fingerprint density at radius 3 is 2.75 bits per heavy atom. The van der Waals surface area contributed by atoms with Gasteiger partial charge in [-0.2, -0.15) is 0 Å². The molecule has 1 aliphatic rings. The first-order chi connectivity index (χ1) is 5.61. The van der Waals surface area contributed by atoms with Gasteiger partial charge in [0, 0.05) is 0 Å². The first-order valence-electron chi connectivity index (χ1n) is 4.16. The zero-order chi connectivity index (χ0) is 9.14. The summed E-state index contributed by atoms with van der Waals surface area (Å²) in [5.74, 6) is 0.658. The Kier molecular flexibility index (Phi) is 2.71. The van der Waals surface area contributed by atoms with Crippen LogP contribution >= 0.6 is 0 Å². The Morgan fingerprint density at radius 1 is 1.50 bits per heavy atom. The predicted molar refractivity (Wildman–Crippen MR) is 50.7 cm³/mol. The van der Waals surface area contributed by atoms with Crippen LogP contribution in [-0.2, 0) is 0 Å². The normalized spacial score (nSPS) is 23.5. The molecular formula is C10H15NO. The van der Waals surface area contributed by atoms with E-state index in [1.807, 2.05) is 12.2 Å². The lowest BCUT2D eigenvalue weighted by atomic mass is 10.0. The fourth-order valence-electron chi connectivity index (χ4n) is 1.06. The van der Waals surface area contributed by atoms with Crippen molar-refractivity contribution in [2.24, 2.45) is 11.7 Å². The van der Waals surface area contributed by atoms with Crippen molar-refractivity contribution >= 4 is 0 Å². The molecule has 66 valence electrons. The molecular weight excluding hydrogens is 150 g/mol. The molecule has 0 aromatic heterocycles. The second-order valence-electron chi connectivity index (χ2n) is 3.30. The van der Waals surface area contributed by atoms with E-state index in [1.165, 1.54) is 0 Å². The minimum atomic E-state index is -0.350. The fraction of sp³-hybridized carbons (Fsp3) is 0.400. The zero-order valence-corrected chi connectivity index (χ0v) is 7.49. The van der Waals surface area contributed by atoms with Gasteiger partial charge >= 0.3 is 0 Å². The van der Waals surface area contributed by atoms with Crippen molar-refractivity contribution in [3.8, 4) is 0 Å². The van der Waals surface area contributed by atoms with Crippen molar-refractivity contribution in [3.63, 3.8) is 0 Å². The SMILES string of the molecule is CC(C)C1=CC=CC(N)C(O)=C1. The van der Waals surface area contributed by atoms with Crippen LogP contribution in [0.2, 0.25) is 0 Å². The van der Waals surface area contributed by atoms with Crippen LogP contribution in [0.4, 0.5) is 0 Å². The van der Waals surface area contributed by atoms with E-state index in [4.69, 9.17) is 5.73 Å². The highest BCUT2D eigenvalue weighted by atomic mass is 16.3. The van der Waals surface area contributed by atoms with Crippen LogP contribution in [-0.4, -0.2) is 11.1 Å². The number of allylic oxidation sites excluding steroid dienone is 4. The molecule has 0 heterocycles. The molecule has 1 rings (SSSR count). The first-order valence-corrected chi connectivity index (χ1v) is 4.16. The van der Waals surface area contributed by atoms with Crippen molar-refractivity contribution < 1.29 is 5.11 Å². The topological polar surface area (TPSA) is 46.2 Å². The van der Waals surface area contributed by atoms with Gasteiger partial charge in [0.25, 0.3) is 0 Å². The van der Waals surface area contributed by atoms with Gasteiger partial charge < -0.3 is 10.8 Å². The molecule has 1 unspecified atom stereocenters. The fourth-order valence-corrected chi connectivity index (χ4v) is 1.06. The molecule has 0 fully saturated rings. The number of aliphatic hydroxyl groups is 1. The molecule has 2 nitrogen and oxygen atoms in total. The molecule has 0 radical (unpaired) electrons. The summed E-state index contributed by atoms with van der Waals surface area (Å²) in [6.07, 6.45) is 7.39. The third-order valence-electron chi connectivity index (χ3n) is 1.93. The molecule has 0 bridgehead atoms. The highest BCUT2D eigenvalue weighted by molar-refractivity contribution is 5.33. The number of hydrogen-bond acceptors (Lipinski definition) is 2. The second-order valence-corrected chi connectivity index (χ2v) is 3.30. The van der Waals surface area contributed by atoms with Crippen LogP contribution in [0.15, 0.2) is 35.6 Å². The quantitative estimate of drug-likeness (QED) is 0.623. The van der Waals surface area contributed by atoms with Gasteiger partial charge in [-0.05, 0) is 17.6 Å². The molecule has 2 heteroatoms. The first kappa shape index (κ1) is 9.07. The number of hydrogen-bond donors (Lipinski definition) is 2. The maximum atomic E-state index is 9.42. The largest absolute Gasteiger partial charge is 0.510 e. The summed E-state index contributed by atoms with van der Waals surface area (Å²) in [6.45, 7) is 4.17. The monoisotopic (exact) mass is 165 g/mol. The molecule has 3 N–H and O–H groups in total. The highest BCUT2D eigenvalue weighted by Crippen LogP contribution is 2.16. The summed E-state index contributed by atoms with van der Waals surface area (Å²) in [5.41, 5.74) is 6.71. The van der Waals surface area contributed by atoms with Gasteiger partial charge in [-0.15, -0.1) is 0 Å². The molecule has 0 amide bonds. The number of aliphatic hydroxyl groups excluding tert-OH is 1. The maximum absolute atomic E-state index is 9.42. The Hall–Kier alpha value is -1.02. The van der Waals surface area contributed by atoms with E-state index in [2.05, 4.69) is 13.8 Å². The standard InChI is InChI=1S/C10H15NO/c1-7(2)8-4-3-5-9(11)10(12)6-8/h3-7,9,12H,11H2,1-2H3. The number of nitrogens with two attached hydrogens (primary N) is 1. The predicted octanol–water partition coefficient (Wildman–Crippen LogP) is 1.91. The summed E-state index contributed by atoms with van der Waals surface area (Å²) in [7, 11) is 0. The van der Waals surface area contributed by atoms with Crippen molar-refractivity contribution in [1.82, 2.24) is 0 Å². The van der Waals surface area contributed by atoms with Crippen LogP contribution in [0, 0.1) is 5.92 Å². The van der Waals surface area contributed by atoms with Gasteiger partial charge in [0.2, 0.25) is 0 Å². The van der Waals surface area contributed by atoms with Crippen molar-refractivity contribution in [2.75, 3.05) is 0 Å². The van der Waals surface area contributed by atoms with Crippen molar-refractivity contribution in [3.05, 3.63) is 35.6 Å². The van der Waals surface area contributed by atoms with E-state index in [0.29, 0.717) is 5.92 Å². The lowest BCUT2D eigenvalue weighted by Gasteiger charge is -2.06. The third-order valence-corrected chi connectivity index (χ3v) is 1.93. The summed E-state index contributed by atoms with van der Waals surface area (Å²) in [4.78, 5) is 0. The van der Waals surface area contributed by atoms with Crippen LogP contribution < -0.4 is 5.73 Å². The Morgan fingerprint density at radius 2 is 2.17 bits per heavy atom. The molecule has 0 aromatic carbocycles. The summed E-state index contributed by atoms with van der Waals surface area (Å²) in [6, 6.07) is -0.350. The summed E-state index contributed by atoms with van der Waals surface area (Å²) in [5, 5.41) is 9.42. The zero-order valence-electron chi connectivity index (χ0n) is 7.49. The summed E-state index contributed by atoms with van der Waals surface area (Å²) >= 11 is 0.